The molecular formula is C21H26N2O3. The van der Waals surface area contributed by atoms with Gasteiger partial charge in [0.2, 0.25) is 5.91 Å². The number of nitrogens with one attached hydrogen (secondary N) is 1. The molecule has 0 saturated carbocycles. The fourth-order valence-corrected chi connectivity index (χ4v) is 2.61. The molecule has 0 heterocycles. The summed E-state index contributed by atoms with van der Waals surface area (Å²) < 4.78 is 5.38. The van der Waals surface area contributed by atoms with Crippen LogP contribution in [0, 0.1) is 0 Å². The van der Waals surface area contributed by atoms with Gasteiger partial charge < -0.3 is 10.1 Å². The van der Waals surface area contributed by atoms with Crippen LogP contribution < -0.4 is 5.32 Å². The normalized spacial score (nSPS) is 10.6. The third kappa shape index (κ3) is 6.01. The van der Waals surface area contributed by atoms with Crippen LogP contribution >= 0.6 is 0 Å². The number of esters is 1. The Hall–Kier alpha value is -2.66. The molecule has 5 heteroatoms. The van der Waals surface area contributed by atoms with E-state index in [1.165, 1.54) is 12.5 Å². The molecule has 0 aliphatic heterocycles. The maximum Gasteiger partial charge on any atom is 0.338 e. The predicted octanol–water partition coefficient (Wildman–Crippen LogP) is 3.84. The summed E-state index contributed by atoms with van der Waals surface area (Å²) >= 11 is 0. The highest BCUT2D eigenvalue weighted by molar-refractivity contribution is 5.93. The fourth-order valence-electron chi connectivity index (χ4n) is 2.61. The number of nitrogens with zero attached hydrogens (tertiary/aromatic N) is 1. The number of rotatable bonds is 8. The molecule has 0 aromatic heterocycles. The zero-order valence-electron chi connectivity index (χ0n) is 15.6. The van der Waals surface area contributed by atoms with E-state index in [9.17, 15) is 9.59 Å². The molecule has 26 heavy (non-hydrogen) atoms. The number of carbonyl (C=O) groups excluding carboxylic acids is 2. The summed E-state index contributed by atoms with van der Waals surface area (Å²) in [7, 11) is 0. The van der Waals surface area contributed by atoms with E-state index >= 15 is 0 Å². The minimum Gasteiger partial charge on any atom is -0.457 e. The largest absolute Gasteiger partial charge is 0.457 e. The van der Waals surface area contributed by atoms with E-state index in [1.807, 2.05) is 12.1 Å². The van der Waals surface area contributed by atoms with Gasteiger partial charge in [0.25, 0.3) is 0 Å². The first-order valence-corrected chi connectivity index (χ1v) is 8.86. The van der Waals surface area contributed by atoms with Gasteiger partial charge in [-0.05, 0) is 42.4 Å². The molecule has 1 amide bonds. The van der Waals surface area contributed by atoms with Crippen molar-refractivity contribution in [3.8, 4) is 0 Å². The summed E-state index contributed by atoms with van der Waals surface area (Å²) in [5.74, 6) is -0.593. The molecule has 0 unspecified atom stereocenters. The summed E-state index contributed by atoms with van der Waals surface area (Å²) in [5.41, 5.74) is 3.17. The maximum atomic E-state index is 12.2. The van der Waals surface area contributed by atoms with Gasteiger partial charge in [-0.1, -0.05) is 44.2 Å². The maximum absolute atomic E-state index is 12.2. The molecular weight excluding hydrogens is 328 g/mol. The van der Waals surface area contributed by atoms with Gasteiger partial charge in [-0.3, -0.25) is 9.69 Å². The van der Waals surface area contributed by atoms with Crippen LogP contribution in [-0.4, -0.2) is 29.9 Å². The van der Waals surface area contributed by atoms with Crippen molar-refractivity contribution >= 4 is 17.6 Å². The Kier molecular flexibility index (Phi) is 7.36. The smallest absolute Gasteiger partial charge is 0.338 e. The van der Waals surface area contributed by atoms with Crippen molar-refractivity contribution < 1.29 is 14.3 Å². The summed E-state index contributed by atoms with van der Waals surface area (Å²) in [6.45, 7) is 8.91. The molecule has 2 rings (SSSR count). The van der Waals surface area contributed by atoms with E-state index < -0.39 is 5.97 Å². The Balaban J connectivity index is 1.92. The Bertz CT molecular complexity index is 737. The Morgan fingerprint density at radius 3 is 2.27 bits per heavy atom. The number of amides is 1. The highest BCUT2D eigenvalue weighted by Gasteiger charge is 2.09. The first-order chi connectivity index (χ1) is 12.5. The van der Waals surface area contributed by atoms with E-state index in [0.29, 0.717) is 11.3 Å². The molecule has 0 fully saturated rings. The summed E-state index contributed by atoms with van der Waals surface area (Å²) in [5, 5.41) is 2.65. The minimum absolute atomic E-state index is 0.180. The lowest BCUT2D eigenvalue weighted by atomic mass is 10.1. The summed E-state index contributed by atoms with van der Waals surface area (Å²) in [6.07, 6.45) is 0. The van der Waals surface area contributed by atoms with Crippen LogP contribution in [0.3, 0.4) is 0 Å². The Morgan fingerprint density at radius 1 is 1.00 bits per heavy atom. The van der Waals surface area contributed by atoms with Crippen molar-refractivity contribution in [2.45, 2.75) is 33.9 Å². The standard InChI is InChI=1S/C21H26N2O3/c1-4-23(5-2)14-17-9-11-18(12-10-17)15-26-21(25)19-7-6-8-20(13-19)22-16(3)24/h6-13H,4-5,14-15H2,1-3H3,(H,22,24). The van der Waals surface area contributed by atoms with Gasteiger partial charge in [-0.15, -0.1) is 0 Å². The minimum atomic E-state index is -0.413. The number of hydrogen-bond donors (Lipinski definition) is 1. The molecule has 2 aromatic rings. The van der Waals surface area contributed by atoms with E-state index in [-0.39, 0.29) is 12.5 Å². The van der Waals surface area contributed by atoms with Crippen LogP contribution in [0.2, 0.25) is 0 Å². The number of benzene rings is 2. The van der Waals surface area contributed by atoms with Crippen LogP contribution in [0.5, 0.6) is 0 Å². The van der Waals surface area contributed by atoms with Crippen LogP contribution in [0.4, 0.5) is 5.69 Å². The molecule has 0 atom stereocenters. The monoisotopic (exact) mass is 354 g/mol. The lowest BCUT2D eigenvalue weighted by molar-refractivity contribution is -0.114. The second-order valence-corrected chi connectivity index (χ2v) is 6.12. The molecule has 0 saturated heterocycles. The molecule has 0 radical (unpaired) electrons. The molecule has 138 valence electrons. The van der Waals surface area contributed by atoms with Gasteiger partial charge in [0.05, 0.1) is 5.56 Å². The van der Waals surface area contributed by atoms with E-state index in [1.54, 1.807) is 24.3 Å². The van der Waals surface area contributed by atoms with E-state index in [2.05, 4.69) is 36.2 Å². The first kappa shape index (κ1) is 19.7. The van der Waals surface area contributed by atoms with Crippen LogP contribution in [0.15, 0.2) is 48.5 Å². The molecule has 1 N–H and O–H groups in total. The number of hydrogen-bond acceptors (Lipinski definition) is 4. The Morgan fingerprint density at radius 2 is 1.65 bits per heavy atom. The summed E-state index contributed by atoms with van der Waals surface area (Å²) in [4.78, 5) is 25.7. The van der Waals surface area contributed by atoms with Crippen molar-refractivity contribution in [1.82, 2.24) is 4.90 Å². The highest BCUT2D eigenvalue weighted by atomic mass is 16.5. The Labute approximate surface area is 155 Å². The van der Waals surface area contributed by atoms with Crippen molar-refractivity contribution in [1.29, 1.82) is 0 Å². The molecule has 0 bridgehead atoms. The quantitative estimate of drug-likeness (QED) is 0.732. The number of ether oxygens (including phenoxy) is 1. The average Bonchev–Trinajstić information content (AvgIpc) is 2.64. The van der Waals surface area contributed by atoms with Crippen molar-refractivity contribution in [2.24, 2.45) is 0 Å². The molecule has 0 aliphatic rings. The van der Waals surface area contributed by atoms with Crippen LogP contribution in [0.25, 0.3) is 0 Å². The molecule has 0 aliphatic carbocycles. The van der Waals surface area contributed by atoms with Crippen molar-refractivity contribution in [2.75, 3.05) is 18.4 Å². The van der Waals surface area contributed by atoms with Gasteiger partial charge in [-0.25, -0.2) is 4.79 Å². The van der Waals surface area contributed by atoms with Crippen LogP contribution in [-0.2, 0) is 22.7 Å². The van der Waals surface area contributed by atoms with Gasteiger partial charge in [0, 0.05) is 19.2 Å². The van der Waals surface area contributed by atoms with E-state index in [4.69, 9.17) is 4.74 Å². The second-order valence-electron chi connectivity index (χ2n) is 6.12. The topological polar surface area (TPSA) is 58.6 Å². The molecule has 2 aromatic carbocycles. The summed E-state index contributed by atoms with van der Waals surface area (Å²) in [6, 6.07) is 14.8. The van der Waals surface area contributed by atoms with E-state index in [0.717, 1.165) is 25.2 Å². The second kappa shape index (κ2) is 9.73. The van der Waals surface area contributed by atoms with Gasteiger partial charge >= 0.3 is 5.97 Å². The van der Waals surface area contributed by atoms with Crippen molar-refractivity contribution in [3.05, 3.63) is 65.2 Å². The average molecular weight is 354 g/mol. The number of anilines is 1. The van der Waals surface area contributed by atoms with Crippen LogP contribution in [0.1, 0.15) is 42.3 Å². The predicted molar refractivity (Wildman–Crippen MR) is 103 cm³/mol. The van der Waals surface area contributed by atoms with Crippen molar-refractivity contribution in [3.63, 3.8) is 0 Å². The van der Waals surface area contributed by atoms with Gasteiger partial charge in [0.1, 0.15) is 6.61 Å². The highest BCUT2D eigenvalue weighted by Crippen LogP contribution is 2.13. The zero-order chi connectivity index (χ0) is 18.9. The SMILES string of the molecule is CCN(CC)Cc1ccc(COC(=O)c2cccc(NC(C)=O)c2)cc1. The number of carbonyl (C=O) groups is 2. The third-order valence-electron chi connectivity index (χ3n) is 4.11. The third-order valence-corrected chi connectivity index (χ3v) is 4.11. The fraction of sp³-hybridized carbons (Fsp3) is 0.333. The van der Waals surface area contributed by atoms with Gasteiger partial charge in [-0.2, -0.15) is 0 Å². The molecule has 5 nitrogen and oxygen atoms in total. The first-order valence-electron chi connectivity index (χ1n) is 8.86. The molecule has 0 spiro atoms. The van der Waals surface area contributed by atoms with Gasteiger partial charge in [0.15, 0.2) is 0 Å². The lowest BCUT2D eigenvalue weighted by Gasteiger charge is -2.18. The zero-order valence-corrected chi connectivity index (χ0v) is 15.6. The lowest BCUT2D eigenvalue weighted by Crippen LogP contribution is -2.22.